The summed E-state index contributed by atoms with van der Waals surface area (Å²) in [4.78, 5) is 27.8. The minimum Gasteiger partial charge on any atom is -0.492 e. The van der Waals surface area contributed by atoms with Gasteiger partial charge in [0.25, 0.3) is 5.91 Å². The van der Waals surface area contributed by atoms with E-state index in [1.54, 1.807) is 6.07 Å². The van der Waals surface area contributed by atoms with Crippen molar-refractivity contribution in [2.75, 3.05) is 31.6 Å². The van der Waals surface area contributed by atoms with Gasteiger partial charge in [-0.25, -0.2) is 0 Å². The van der Waals surface area contributed by atoms with Crippen LogP contribution in [0.15, 0.2) is 48.5 Å². The van der Waals surface area contributed by atoms with Crippen molar-refractivity contribution in [2.24, 2.45) is 5.92 Å². The summed E-state index contributed by atoms with van der Waals surface area (Å²) >= 11 is 0. The summed E-state index contributed by atoms with van der Waals surface area (Å²) in [5, 5.41) is 5.77. The van der Waals surface area contributed by atoms with Crippen LogP contribution in [0.4, 0.5) is 5.69 Å². The molecule has 1 atom stereocenters. The largest absolute Gasteiger partial charge is 0.492 e. The highest BCUT2D eigenvalue weighted by molar-refractivity contribution is 6.01. The van der Waals surface area contributed by atoms with E-state index in [0.29, 0.717) is 17.9 Å². The average molecular weight is 426 g/mol. The number of amides is 2. The number of hydrogen-bond donors (Lipinski definition) is 2. The first kappa shape index (κ1) is 24.4. The van der Waals surface area contributed by atoms with Crippen LogP contribution in [0, 0.1) is 12.8 Å². The number of nitrogens with one attached hydrogen (secondary N) is 2. The van der Waals surface area contributed by atoms with Gasteiger partial charge in [-0.3, -0.25) is 9.59 Å². The van der Waals surface area contributed by atoms with Crippen molar-refractivity contribution in [2.45, 2.75) is 40.7 Å². The molecule has 168 valence electrons. The Morgan fingerprint density at radius 1 is 1.00 bits per heavy atom. The van der Waals surface area contributed by atoms with E-state index in [1.807, 2.05) is 63.2 Å². The molecule has 2 aromatic rings. The van der Waals surface area contributed by atoms with E-state index in [0.717, 1.165) is 30.9 Å². The van der Waals surface area contributed by atoms with Gasteiger partial charge < -0.3 is 20.3 Å². The molecule has 0 aromatic heterocycles. The summed E-state index contributed by atoms with van der Waals surface area (Å²) in [7, 11) is 0. The van der Waals surface area contributed by atoms with Crippen molar-refractivity contribution < 1.29 is 14.3 Å². The molecule has 0 fully saturated rings. The second-order valence-electron chi connectivity index (χ2n) is 7.90. The monoisotopic (exact) mass is 425 g/mol. The molecule has 0 saturated heterocycles. The lowest BCUT2D eigenvalue weighted by atomic mass is 10.0. The fourth-order valence-electron chi connectivity index (χ4n) is 3.27. The van der Waals surface area contributed by atoms with Crippen LogP contribution in [0.2, 0.25) is 0 Å². The Bertz CT molecular complexity index is 845. The van der Waals surface area contributed by atoms with Crippen molar-refractivity contribution in [1.82, 2.24) is 10.2 Å². The van der Waals surface area contributed by atoms with Crippen LogP contribution in [0.1, 0.15) is 43.6 Å². The molecule has 0 spiro atoms. The van der Waals surface area contributed by atoms with Gasteiger partial charge in [-0.2, -0.15) is 0 Å². The molecule has 31 heavy (non-hydrogen) atoms. The average Bonchev–Trinajstić information content (AvgIpc) is 2.76. The third kappa shape index (κ3) is 7.40. The van der Waals surface area contributed by atoms with E-state index in [2.05, 4.69) is 29.4 Å². The maximum absolute atomic E-state index is 12.8. The Morgan fingerprint density at radius 3 is 2.23 bits per heavy atom. The van der Waals surface area contributed by atoms with Crippen molar-refractivity contribution in [1.29, 1.82) is 0 Å². The number of nitrogens with zero attached hydrogens (tertiary/aromatic N) is 1. The Labute approximate surface area is 186 Å². The number of carbonyl (C=O) groups is 2. The van der Waals surface area contributed by atoms with Crippen molar-refractivity contribution >= 4 is 17.5 Å². The minimum absolute atomic E-state index is 0.0596. The van der Waals surface area contributed by atoms with Gasteiger partial charge in [0.05, 0.1) is 0 Å². The first-order valence-corrected chi connectivity index (χ1v) is 11.0. The summed E-state index contributed by atoms with van der Waals surface area (Å²) in [5.41, 5.74) is 2.11. The summed E-state index contributed by atoms with van der Waals surface area (Å²) in [6.07, 6.45) is 0. The lowest BCUT2D eigenvalue weighted by molar-refractivity contribution is -0.118. The normalized spacial score (nSPS) is 12.0. The molecular weight excluding hydrogens is 390 g/mol. The van der Waals surface area contributed by atoms with Crippen LogP contribution in [-0.4, -0.2) is 49.0 Å². The highest BCUT2D eigenvalue weighted by atomic mass is 16.5. The van der Waals surface area contributed by atoms with Crippen LogP contribution < -0.4 is 15.4 Å². The molecule has 6 nitrogen and oxygen atoms in total. The molecule has 0 heterocycles. The molecule has 2 aromatic carbocycles. The zero-order valence-electron chi connectivity index (χ0n) is 19.3. The van der Waals surface area contributed by atoms with Gasteiger partial charge in [-0.15, -0.1) is 0 Å². The summed E-state index contributed by atoms with van der Waals surface area (Å²) in [6, 6.07) is 14.0. The predicted molar refractivity (Wildman–Crippen MR) is 126 cm³/mol. The van der Waals surface area contributed by atoms with Crippen LogP contribution in [0.3, 0.4) is 0 Å². The Balaban J connectivity index is 1.95. The van der Waals surface area contributed by atoms with Crippen molar-refractivity contribution in [3.8, 4) is 5.75 Å². The molecule has 2 N–H and O–H groups in total. The molecule has 0 aliphatic heterocycles. The topological polar surface area (TPSA) is 70.7 Å². The third-order valence-electron chi connectivity index (χ3n) is 5.32. The number of benzene rings is 2. The Kier molecular flexibility index (Phi) is 9.53. The van der Waals surface area contributed by atoms with E-state index in [9.17, 15) is 9.59 Å². The molecule has 2 rings (SSSR count). The number of rotatable bonds is 11. The SMILES string of the molecule is CCN(CC)CCOc1ccc(NC(=O)C(NC(=O)c2ccccc2C)C(C)C)cc1. The third-order valence-corrected chi connectivity index (χ3v) is 5.32. The van der Waals surface area contributed by atoms with Crippen molar-refractivity contribution in [3.05, 3.63) is 59.7 Å². The zero-order chi connectivity index (χ0) is 22.8. The summed E-state index contributed by atoms with van der Waals surface area (Å²) in [6.45, 7) is 13.5. The fraction of sp³-hybridized carbons (Fsp3) is 0.440. The molecule has 0 aliphatic rings. The van der Waals surface area contributed by atoms with E-state index in [1.165, 1.54) is 0 Å². The van der Waals surface area contributed by atoms with Gasteiger partial charge in [-0.1, -0.05) is 45.9 Å². The molecule has 0 saturated carbocycles. The van der Waals surface area contributed by atoms with Crippen molar-refractivity contribution in [3.63, 3.8) is 0 Å². The highest BCUT2D eigenvalue weighted by Gasteiger charge is 2.25. The van der Waals surface area contributed by atoms with Gasteiger partial charge in [0, 0.05) is 17.8 Å². The first-order valence-electron chi connectivity index (χ1n) is 11.0. The number of ether oxygens (including phenoxy) is 1. The van der Waals surface area contributed by atoms with Crippen LogP contribution in [0.25, 0.3) is 0 Å². The van der Waals surface area contributed by atoms with Gasteiger partial charge in [0.1, 0.15) is 18.4 Å². The van der Waals surface area contributed by atoms with Crippen LogP contribution in [-0.2, 0) is 4.79 Å². The second-order valence-corrected chi connectivity index (χ2v) is 7.90. The lowest BCUT2D eigenvalue weighted by Crippen LogP contribution is -2.47. The standard InChI is InChI=1S/C25H35N3O3/c1-6-28(7-2)16-17-31-21-14-12-20(13-15-21)26-25(30)23(18(3)4)27-24(29)22-11-9-8-10-19(22)5/h8-15,18,23H,6-7,16-17H2,1-5H3,(H,26,30)(H,27,29). The highest BCUT2D eigenvalue weighted by Crippen LogP contribution is 2.17. The maximum atomic E-state index is 12.8. The van der Waals surface area contributed by atoms with Gasteiger partial charge in [0.15, 0.2) is 0 Å². The lowest BCUT2D eigenvalue weighted by Gasteiger charge is -2.22. The molecule has 6 heteroatoms. The molecular formula is C25H35N3O3. The summed E-state index contributed by atoms with van der Waals surface area (Å²) < 4.78 is 5.79. The van der Waals surface area contributed by atoms with Gasteiger partial charge in [-0.05, 0) is 61.8 Å². The molecule has 0 bridgehead atoms. The van der Waals surface area contributed by atoms with E-state index < -0.39 is 6.04 Å². The van der Waals surface area contributed by atoms with E-state index in [-0.39, 0.29) is 17.7 Å². The predicted octanol–water partition coefficient (Wildman–Crippen LogP) is 4.11. The minimum atomic E-state index is -0.642. The van der Waals surface area contributed by atoms with Gasteiger partial charge >= 0.3 is 0 Å². The van der Waals surface area contributed by atoms with Crippen LogP contribution in [0.5, 0.6) is 5.75 Å². The van der Waals surface area contributed by atoms with E-state index >= 15 is 0 Å². The number of hydrogen-bond acceptors (Lipinski definition) is 4. The summed E-state index contributed by atoms with van der Waals surface area (Å²) in [5.74, 6) is 0.213. The number of anilines is 1. The first-order chi connectivity index (χ1) is 14.8. The molecule has 2 amide bonds. The fourth-order valence-corrected chi connectivity index (χ4v) is 3.27. The van der Waals surface area contributed by atoms with Gasteiger partial charge in [0.2, 0.25) is 5.91 Å². The maximum Gasteiger partial charge on any atom is 0.252 e. The zero-order valence-corrected chi connectivity index (χ0v) is 19.3. The number of carbonyl (C=O) groups excluding carboxylic acids is 2. The quantitative estimate of drug-likeness (QED) is 0.568. The number of aryl methyl sites for hydroxylation is 1. The Morgan fingerprint density at radius 2 is 1.65 bits per heavy atom. The molecule has 1 unspecified atom stereocenters. The number of likely N-dealkylation sites (N-methyl/N-ethyl adjacent to an activating group) is 1. The second kappa shape index (κ2) is 12.1. The Hall–Kier alpha value is -2.86. The molecule has 0 radical (unpaired) electrons. The smallest absolute Gasteiger partial charge is 0.252 e. The molecule has 0 aliphatic carbocycles. The van der Waals surface area contributed by atoms with E-state index in [4.69, 9.17) is 4.74 Å². The van der Waals surface area contributed by atoms with Crippen LogP contribution >= 0.6 is 0 Å².